The van der Waals surface area contributed by atoms with E-state index >= 15 is 0 Å². The van der Waals surface area contributed by atoms with E-state index in [0.29, 0.717) is 36.0 Å². The van der Waals surface area contributed by atoms with Gasteiger partial charge in [-0.05, 0) is 29.3 Å². The van der Waals surface area contributed by atoms with Crippen LogP contribution in [0.15, 0.2) is 65.3 Å². The van der Waals surface area contributed by atoms with Crippen molar-refractivity contribution in [1.29, 1.82) is 0 Å². The van der Waals surface area contributed by atoms with E-state index in [9.17, 15) is 4.39 Å². The number of benzene rings is 1. The minimum absolute atomic E-state index is 0.251. The van der Waals surface area contributed by atoms with Crippen LogP contribution in [0.2, 0.25) is 0 Å². The fourth-order valence-corrected chi connectivity index (χ4v) is 2.81. The first-order valence-corrected chi connectivity index (χ1v) is 8.87. The summed E-state index contributed by atoms with van der Waals surface area (Å²) in [6, 6.07) is 15.6. The number of nitrogen functional groups attached to an aromatic ring is 2. The van der Waals surface area contributed by atoms with Gasteiger partial charge in [-0.3, -0.25) is 0 Å². The second-order valence-electron chi connectivity index (χ2n) is 6.45. The summed E-state index contributed by atoms with van der Waals surface area (Å²) in [7, 11) is 0. The van der Waals surface area contributed by atoms with Crippen LogP contribution in [0.4, 0.5) is 16.0 Å². The molecule has 0 atom stereocenters. The fourth-order valence-electron chi connectivity index (χ4n) is 2.81. The molecule has 0 aliphatic rings. The van der Waals surface area contributed by atoms with Gasteiger partial charge in [0.15, 0.2) is 5.76 Å². The second-order valence-corrected chi connectivity index (χ2v) is 6.45. The van der Waals surface area contributed by atoms with E-state index in [2.05, 4.69) is 15.1 Å². The zero-order chi connectivity index (χ0) is 20.2. The molecule has 0 spiro atoms. The molecule has 146 valence electrons. The Kier molecular flexibility index (Phi) is 5.07. The number of nitrogens with two attached hydrogens (primary N) is 2. The molecule has 0 unspecified atom stereocenters. The Morgan fingerprint density at radius 1 is 0.966 bits per heavy atom. The molecule has 0 amide bonds. The summed E-state index contributed by atoms with van der Waals surface area (Å²) in [4.78, 5) is 7.99. The molecule has 1 aromatic carbocycles. The molecule has 0 radical (unpaired) electrons. The standard InChI is InChI=1S/C21H18FN5O2/c22-15-7-8-25-20(10-15)28-12-14-3-1-13(2-4-14)9-16-11-18(29-27-16)17-5-6-19(23)26-21(17)24/h1-8,10-11H,9,12H2,(H4,23,24,26). The average Bonchev–Trinajstić information content (AvgIpc) is 3.16. The Morgan fingerprint density at radius 2 is 1.76 bits per heavy atom. The minimum Gasteiger partial charge on any atom is -0.473 e. The maximum Gasteiger partial charge on any atom is 0.216 e. The highest BCUT2D eigenvalue weighted by molar-refractivity contribution is 5.71. The quantitative estimate of drug-likeness (QED) is 0.516. The lowest BCUT2D eigenvalue weighted by atomic mass is 10.1. The first kappa shape index (κ1) is 18.4. The predicted molar refractivity (Wildman–Crippen MR) is 106 cm³/mol. The van der Waals surface area contributed by atoms with E-state index in [1.165, 1.54) is 18.3 Å². The Balaban J connectivity index is 1.39. The molecule has 0 saturated heterocycles. The van der Waals surface area contributed by atoms with Gasteiger partial charge in [0.05, 0.1) is 11.3 Å². The number of nitrogens with zero attached hydrogens (tertiary/aromatic N) is 3. The average molecular weight is 391 g/mol. The molecule has 8 heteroatoms. The van der Waals surface area contributed by atoms with Crippen molar-refractivity contribution >= 4 is 11.6 Å². The Hall–Kier alpha value is -3.94. The molecule has 3 heterocycles. The number of ether oxygens (including phenoxy) is 1. The lowest BCUT2D eigenvalue weighted by molar-refractivity contribution is 0.292. The van der Waals surface area contributed by atoms with Gasteiger partial charge in [0, 0.05) is 24.8 Å². The van der Waals surface area contributed by atoms with E-state index in [-0.39, 0.29) is 11.7 Å². The zero-order valence-electron chi connectivity index (χ0n) is 15.4. The van der Waals surface area contributed by atoms with Gasteiger partial charge in [-0.25, -0.2) is 14.4 Å². The third-order valence-corrected chi connectivity index (χ3v) is 4.26. The molecule has 29 heavy (non-hydrogen) atoms. The first-order valence-electron chi connectivity index (χ1n) is 8.87. The number of anilines is 2. The lowest BCUT2D eigenvalue weighted by Crippen LogP contribution is -1.98. The van der Waals surface area contributed by atoms with Crippen LogP contribution in [0.3, 0.4) is 0 Å². The number of rotatable bonds is 6. The van der Waals surface area contributed by atoms with Crippen LogP contribution < -0.4 is 16.2 Å². The molecule has 3 aromatic heterocycles. The monoisotopic (exact) mass is 391 g/mol. The lowest BCUT2D eigenvalue weighted by Gasteiger charge is -2.06. The van der Waals surface area contributed by atoms with Gasteiger partial charge in [-0.1, -0.05) is 29.4 Å². The highest BCUT2D eigenvalue weighted by atomic mass is 19.1. The van der Waals surface area contributed by atoms with Crippen LogP contribution in [-0.2, 0) is 13.0 Å². The highest BCUT2D eigenvalue weighted by Crippen LogP contribution is 2.26. The van der Waals surface area contributed by atoms with Crippen molar-refractivity contribution in [3.8, 4) is 17.2 Å². The number of hydrogen-bond donors (Lipinski definition) is 2. The molecule has 0 aliphatic heterocycles. The van der Waals surface area contributed by atoms with Crippen molar-refractivity contribution in [2.45, 2.75) is 13.0 Å². The predicted octanol–water partition coefficient (Wildman–Crippen LogP) is 3.60. The summed E-state index contributed by atoms with van der Waals surface area (Å²) < 4.78 is 24.0. The third-order valence-electron chi connectivity index (χ3n) is 4.26. The molecule has 0 saturated carbocycles. The van der Waals surface area contributed by atoms with E-state index in [0.717, 1.165) is 16.8 Å². The van der Waals surface area contributed by atoms with Crippen molar-refractivity contribution in [3.63, 3.8) is 0 Å². The van der Waals surface area contributed by atoms with Crippen LogP contribution in [0, 0.1) is 5.82 Å². The van der Waals surface area contributed by atoms with E-state index < -0.39 is 0 Å². The van der Waals surface area contributed by atoms with Gasteiger partial charge in [0.1, 0.15) is 24.1 Å². The summed E-state index contributed by atoms with van der Waals surface area (Å²) >= 11 is 0. The number of aromatic nitrogens is 3. The Labute approximate surface area is 166 Å². The maximum absolute atomic E-state index is 13.2. The van der Waals surface area contributed by atoms with Crippen molar-refractivity contribution in [2.24, 2.45) is 0 Å². The van der Waals surface area contributed by atoms with Gasteiger partial charge in [-0.2, -0.15) is 0 Å². The molecule has 0 aliphatic carbocycles. The first-order chi connectivity index (χ1) is 14.1. The van der Waals surface area contributed by atoms with E-state index in [1.807, 2.05) is 30.3 Å². The van der Waals surface area contributed by atoms with Gasteiger partial charge in [0.25, 0.3) is 0 Å². The molecular weight excluding hydrogens is 373 g/mol. The third kappa shape index (κ3) is 4.49. The van der Waals surface area contributed by atoms with Gasteiger partial charge in [-0.15, -0.1) is 0 Å². The Bertz CT molecular complexity index is 1130. The number of hydrogen-bond acceptors (Lipinski definition) is 7. The van der Waals surface area contributed by atoms with Crippen molar-refractivity contribution in [2.75, 3.05) is 11.5 Å². The fraction of sp³-hybridized carbons (Fsp3) is 0.0952. The molecule has 7 nitrogen and oxygen atoms in total. The summed E-state index contributed by atoms with van der Waals surface area (Å²) in [6.07, 6.45) is 1.96. The minimum atomic E-state index is -0.381. The normalized spacial score (nSPS) is 10.8. The zero-order valence-corrected chi connectivity index (χ0v) is 15.4. The largest absolute Gasteiger partial charge is 0.473 e. The summed E-state index contributed by atoms with van der Waals surface area (Å²) in [5.41, 5.74) is 14.9. The SMILES string of the molecule is Nc1ccc(-c2cc(Cc3ccc(COc4cc(F)ccn4)cc3)no2)c(N)n1. The second kappa shape index (κ2) is 7.97. The maximum atomic E-state index is 13.2. The number of halogens is 1. The Morgan fingerprint density at radius 3 is 2.52 bits per heavy atom. The molecular formula is C21H18FN5O2. The highest BCUT2D eigenvalue weighted by Gasteiger charge is 2.11. The number of pyridine rings is 2. The molecule has 0 fully saturated rings. The van der Waals surface area contributed by atoms with Crippen LogP contribution in [0.25, 0.3) is 11.3 Å². The van der Waals surface area contributed by atoms with Crippen LogP contribution in [0.1, 0.15) is 16.8 Å². The van der Waals surface area contributed by atoms with Crippen molar-refractivity contribution in [3.05, 3.63) is 83.4 Å². The molecule has 4 rings (SSSR count). The summed E-state index contributed by atoms with van der Waals surface area (Å²) in [5.74, 6) is 1.06. The van der Waals surface area contributed by atoms with Crippen molar-refractivity contribution < 1.29 is 13.7 Å². The summed E-state index contributed by atoms with van der Waals surface area (Å²) in [6.45, 7) is 0.300. The summed E-state index contributed by atoms with van der Waals surface area (Å²) in [5, 5.41) is 4.10. The van der Waals surface area contributed by atoms with Gasteiger partial charge in [0.2, 0.25) is 5.88 Å². The van der Waals surface area contributed by atoms with Crippen LogP contribution in [0.5, 0.6) is 5.88 Å². The van der Waals surface area contributed by atoms with Crippen LogP contribution >= 0.6 is 0 Å². The van der Waals surface area contributed by atoms with E-state index in [4.69, 9.17) is 20.7 Å². The molecule has 4 N–H and O–H groups in total. The smallest absolute Gasteiger partial charge is 0.216 e. The molecule has 4 aromatic rings. The van der Waals surface area contributed by atoms with Crippen LogP contribution in [-0.4, -0.2) is 15.1 Å². The molecule has 0 bridgehead atoms. The van der Waals surface area contributed by atoms with Gasteiger partial charge < -0.3 is 20.7 Å². The van der Waals surface area contributed by atoms with Gasteiger partial charge >= 0.3 is 0 Å². The topological polar surface area (TPSA) is 113 Å². The van der Waals surface area contributed by atoms with Crippen molar-refractivity contribution in [1.82, 2.24) is 15.1 Å². The van der Waals surface area contributed by atoms with E-state index in [1.54, 1.807) is 12.1 Å².